The van der Waals surface area contributed by atoms with Crippen LogP contribution in [0.1, 0.15) is 22.8 Å². The minimum Gasteiger partial charge on any atom is -0.508 e. The van der Waals surface area contributed by atoms with Crippen molar-refractivity contribution in [2.45, 2.75) is 19.4 Å². The van der Waals surface area contributed by atoms with Crippen molar-refractivity contribution in [3.63, 3.8) is 0 Å². The van der Waals surface area contributed by atoms with Gasteiger partial charge in [0.05, 0.1) is 17.7 Å². The molecule has 0 fully saturated rings. The van der Waals surface area contributed by atoms with Crippen molar-refractivity contribution in [3.8, 4) is 11.5 Å². The summed E-state index contributed by atoms with van der Waals surface area (Å²) in [5, 5.41) is 19.5. The van der Waals surface area contributed by atoms with Crippen molar-refractivity contribution in [3.05, 3.63) is 35.1 Å². The SMILES string of the molecule is CC1OC=C2Cc3c(O)ccc(O)c3C(=O)C21. The molecule has 2 unspecified atom stereocenters. The minimum atomic E-state index is -0.324. The summed E-state index contributed by atoms with van der Waals surface area (Å²) in [5.41, 5.74) is 1.61. The molecule has 0 saturated heterocycles. The fourth-order valence-electron chi connectivity index (χ4n) is 2.62. The maximum absolute atomic E-state index is 12.3. The molecule has 1 heterocycles. The zero-order chi connectivity index (χ0) is 12.2. The van der Waals surface area contributed by atoms with Crippen LogP contribution in [0.25, 0.3) is 0 Å². The van der Waals surface area contributed by atoms with E-state index < -0.39 is 0 Å². The number of Topliss-reactive ketones (excluding diaryl/α,β-unsaturated/α-hetero) is 1. The molecule has 0 saturated carbocycles. The average Bonchev–Trinajstić information content (AvgIpc) is 2.66. The van der Waals surface area contributed by atoms with Crippen LogP contribution in [0.15, 0.2) is 24.0 Å². The van der Waals surface area contributed by atoms with Crippen LogP contribution in [0, 0.1) is 5.92 Å². The van der Waals surface area contributed by atoms with Crippen LogP contribution >= 0.6 is 0 Å². The maximum atomic E-state index is 12.3. The molecule has 2 N–H and O–H groups in total. The lowest BCUT2D eigenvalue weighted by atomic mass is 9.77. The quantitative estimate of drug-likeness (QED) is 0.669. The predicted molar refractivity (Wildman–Crippen MR) is 59.9 cm³/mol. The van der Waals surface area contributed by atoms with Gasteiger partial charge in [0, 0.05) is 12.0 Å². The third-order valence-electron chi connectivity index (χ3n) is 3.48. The van der Waals surface area contributed by atoms with E-state index in [0.717, 1.165) is 5.57 Å². The van der Waals surface area contributed by atoms with Crippen molar-refractivity contribution in [2.24, 2.45) is 5.92 Å². The molecule has 2 atom stereocenters. The van der Waals surface area contributed by atoms with Gasteiger partial charge in [-0.05, 0) is 24.6 Å². The Morgan fingerprint density at radius 1 is 1.29 bits per heavy atom. The molecule has 17 heavy (non-hydrogen) atoms. The molecule has 4 nitrogen and oxygen atoms in total. The van der Waals surface area contributed by atoms with Crippen molar-refractivity contribution in [1.82, 2.24) is 0 Å². The molecule has 1 aromatic rings. The average molecular weight is 232 g/mol. The van der Waals surface area contributed by atoms with Crippen LogP contribution in [0.3, 0.4) is 0 Å². The van der Waals surface area contributed by atoms with Gasteiger partial charge >= 0.3 is 0 Å². The first-order valence-corrected chi connectivity index (χ1v) is 5.52. The highest BCUT2D eigenvalue weighted by Crippen LogP contribution is 2.42. The Bertz CT molecular complexity index is 545. The van der Waals surface area contributed by atoms with E-state index in [-0.39, 0.29) is 34.9 Å². The zero-order valence-electron chi connectivity index (χ0n) is 9.30. The van der Waals surface area contributed by atoms with Crippen LogP contribution < -0.4 is 0 Å². The third kappa shape index (κ3) is 1.27. The molecule has 0 spiro atoms. The van der Waals surface area contributed by atoms with Gasteiger partial charge in [-0.15, -0.1) is 0 Å². The topological polar surface area (TPSA) is 66.8 Å². The Morgan fingerprint density at radius 3 is 2.76 bits per heavy atom. The number of fused-ring (bicyclic) bond motifs is 2. The lowest BCUT2D eigenvalue weighted by Crippen LogP contribution is -2.30. The van der Waals surface area contributed by atoms with E-state index in [0.29, 0.717) is 12.0 Å². The van der Waals surface area contributed by atoms with Crippen LogP contribution in [-0.4, -0.2) is 22.1 Å². The Hall–Kier alpha value is -1.97. The highest BCUT2D eigenvalue weighted by Gasteiger charge is 2.41. The predicted octanol–water partition coefficient (Wildman–Crippen LogP) is 1.76. The molecular weight excluding hydrogens is 220 g/mol. The van der Waals surface area contributed by atoms with Crippen LogP contribution in [-0.2, 0) is 11.2 Å². The molecule has 0 bridgehead atoms. The third-order valence-corrected chi connectivity index (χ3v) is 3.48. The number of phenols is 2. The molecule has 0 aromatic heterocycles. The lowest BCUT2D eigenvalue weighted by molar-refractivity contribution is 0.0813. The van der Waals surface area contributed by atoms with Crippen molar-refractivity contribution in [1.29, 1.82) is 0 Å². The summed E-state index contributed by atoms with van der Waals surface area (Å²) in [4.78, 5) is 12.3. The van der Waals surface area contributed by atoms with Gasteiger partial charge in [0.25, 0.3) is 0 Å². The first-order valence-electron chi connectivity index (χ1n) is 5.52. The second-order valence-electron chi connectivity index (χ2n) is 4.51. The highest BCUT2D eigenvalue weighted by atomic mass is 16.5. The molecule has 0 amide bonds. The van der Waals surface area contributed by atoms with Crippen molar-refractivity contribution < 1.29 is 19.7 Å². The number of aromatic hydroxyl groups is 2. The standard InChI is InChI=1S/C13H12O4/c1-6-11-7(5-17-6)4-8-9(14)2-3-10(15)12(8)13(11)16/h2-3,5-6,11,14-15H,4H2,1H3. The van der Waals surface area contributed by atoms with Gasteiger partial charge in [-0.3, -0.25) is 4.79 Å². The number of hydrogen-bond donors (Lipinski definition) is 2. The fraction of sp³-hybridized carbons (Fsp3) is 0.308. The lowest BCUT2D eigenvalue weighted by Gasteiger charge is -2.25. The summed E-state index contributed by atoms with van der Waals surface area (Å²) >= 11 is 0. The first-order chi connectivity index (χ1) is 8.09. The largest absolute Gasteiger partial charge is 0.508 e. The van der Waals surface area contributed by atoms with Crippen LogP contribution in [0.5, 0.6) is 11.5 Å². The first kappa shape index (κ1) is 10.2. The fourth-order valence-corrected chi connectivity index (χ4v) is 2.62. The maximum Gasteiger partial charge on any atom is 0.177 e. The van der Waals surface area contributed by atoms with Gasteiger partial charge in [0.1, 0.15) is 17.6 Å². The molecule has 1 aromatic carbocycles. The summed E-state index contributed by atoms with van der Waals surface area (Å²) in [6.45, 7) is 1.83. The Kier molecular flexibility index (Phi) is 1.96. The van der Waals surface area contributed by atoms with Crippen LogP contribution in [0.2, 0.25) is 0 Å². The van der Waals surface area contributed by atoms with Crippen LogP contribution in [0.4, 0.5) is 0 Å². The van der Waals surface area contributed by atoms with Gasteiger partial charge in [-0.2, -0.15) is 0 Å². The monoisotopic (exact) mass is 232 g/mol. The molecule has 0 radical (unpaired) electrons. The van der Waals surface area contributed by atoms with E-state index >= 15 is 0 Å². The number of benzene rings is 1. The minimum absolute atomic E-state index is 0.0463. The molecule has 2 aliphatic rings. The Labute approximate surface area is 98.1 Å². The molecule has 1 aliphatic carbocycles. The number of carbonyl (C=O) groups excluding carboxylic acids is 1. The number of ether oxygens (including phenoxy) is 1. The van der Waals surface area contributed by atoms with E-state index in [4.69, 9.17) is 4.74 Å². The van der Waals surface area contributed by atoms with E-state index in [9.17, 15) is 15.0 Å². The highest BCUT2D eigenvalue weighted by molar-refractivity contribution is 6.05. The summed E-state index contributed by atoms with van der Waals surface area (Å²) in [6, 6.07) is 2.75. The van der Waals surface area contributed by atoms with E-state index in [1.165, 1.54) is 12.1 Å². The Morgan fingerprint density at radius 2 is 2.00 bits per heavy atom. The Balaban J connectivity index is 2.21. The van der Waals surface area contributed by atoms with Gasteiger partial charge in [-0.25, -0.2) is 0 Å². The normalized spacial score (nSPS) is 25.9. The number of hydrogen-bond acceptors (Lipinski definition) is 4. The van der Waals surface area contributed by atoms with Gasteiger partial charge in [0.15, 0.2) is 5.78 Å². The smallest absolute Gasteiger partial charge is 0.177 e. The zero-order valence-corrected chi connectivity index (χ0v) is 9.30. The second kappa shape index (κ2) is 3.26. The summed E-state index contributed by atoms with van der Waals surface area (Å²) in [7, 11) is 0. The van der Waals surface area contributed by atoms with E-state index in [1.54, 1.807) is 6.26 Å². The van der Waals surface area contributed by atoms with Crippen molar-refractivity contribution >= 4 is 5.78 Å². The summed E-state index contributed by atoms with van der Waals surface area (Å²) in [5.74, 6) is -0.517. The molecule has 3 rings (SSSR count). The van der Waals surface area contributed by atoms with Gasteiger partial charge in [-0.1, -0.05) is 0 Å². The van der Waals surface area contributed by atoms with Crippen molar-refractivity contribution in [2.75, 3.05) is 0 Å². The summed E-state index contributed by atoms with van der Waals surface area (Å²) < 4.78 is 5.34. The number of ketones is 1. The molecule has 88 valence electrons. The van der Waals surface area contributed by atoms with Gasteiger partial charge in [0.2, 0.25) is 0 Å². The van der Waals surface area contributed by atoms with E-state index in [1.807, 2.05) is 6.92 Å². The molecular formula is C13H12O4. The number of rotatable bonds is 0. The van der Waals surface area contributed by atoms with Gasteiger partial charge < -0.3 is 14.9 Å². The molecule has 4 heteroatoms. The number of phenolic OH excluding ortho intramolecular Hbond substituents is 2. The van der Waals surface area contributed by atoms with E-state index in [2.05, 4.69) is 0 Å². The second-order valence-corrected chi connectivity index (χ2v) is 4.51. The number of carbonyl (C=O) groups is 1. The molecule has 1 aliphatic heterocycles. The summed E-state index contributed by atoms with van der Waals surface area (Å²) in [6.07, 6.45) is 1.85.